The molecule has 0 aliphatic heterocycles. The van der Waals surface area contributed by atoms with Crippen LogP contribution >= 0.6 is 0 Å². The zero-order chi connectivity index (χ0) is 47.9. The van der Waals surface area contributed by atoms with Gasteiger partial charge in [-0.25, -0.2) is 0 Å². The van der Waals surface area contributed by atoms with Gasteiger partial charge in [0.1, 0.15) is 13.2 Å². The van der Waals surface area contributed by atoms with Crippen LogP contribution in [0.25, 0.3) is 0 Å². The van der Waals surface area contributed by atoms with Crippen LogP contribution in [0.3, 0.4) is 0 Å². The van der Waals surface area contributed by atoms with Gasteiger partial charge in [0.05, 0.1) is 0 Å². The fourth-order valence-electron chi connectivity index (χ4n) is 8.34. The van der Waals surface area contributed by atoms with Gasteiger partial charge in [-0.05, 0) is 44.9 Å². The molecule has 6 heteroatoms. The lowest BCUT2D eigenvalue weighted by atomic mass is 10.0. The summed E-state index contributed by atoms with van der Waals surface area (Å²) in [5, 5.41) is 0. The maximum absolute atomic E-state index is 12.7. The number of hydrogen-bond donors (Lipinski definition) is 0. The van der Waals surface area contributed by atoms with Crippen molar-refractivity contribution in [3.63, 3.8) is 0 Å². The first-order chi connectivity index (χ1) is 32.5. The molecule has 0 saturated carbocycles. The van der Waals surface area contributed by atoms with Crippen molar-refractivity contribution < 1.29 is 28.6 Å². The van der Waals surface area contributed by atoms with Crippen molar-refractivity contribution in [1.82, 2.24) is 0 Å². The molecule has 0 aromatic carbocycles. The number of ether oxygens (including phenoxy) is 3. The Balaban J connectivity index is 4.15. The molecule has 0 heterocycles. The number of unbranched alkanes of at least 4 members (excludes halogenated alkanes) is 33. The van der Waals surface area contributed by atoms with E-state index in [0.717, 1.165) is 64.2 Å². The number of esters is 3. The van der Waals surface area contributed by atoms with Gasteiger partial charge in [0.25, 0.3) is 0 Å². The third-order valence-corrected chi connectivity index (χ3v) is 12.6. The Labute approximate surface area is 409 Å². The van der Waals surface area contributed by atoms with Crippen molar-refractivity contribution in [2.24, 2.45) is 0 Å². The van der Waals surface area contributed by atoms with Gasteiger partial charge in [-0.2, -0.15) is 0 Å². The average molecular weight is 926 g/mol. The highest BCUT2D eigenvalue weighted by atomic mass is 16.6. The SMILES string of the molecule is CC/C=C\C/C=C\C/C=C\C/C=C\CCC(=O)OC(COC(=O)CCCCCCCCCCC)COC(=O)CCCCCCCCCCCCCCCCCCCCCCCCCCCC. The molecular weight excluding hydrogens is 817 g/mol. The maximum atomic E-state index is 12.7. The van der Waals surface area contributed by atoms with E-state index in [0.29, 0.717) is 19.3 Å². The molecule has 0 aliphatic carbocycles. The van der Waals surface area contributed by atoms with Crippen molar-refractivity contribution in [3.05, 3.63) is 48.6 Å². The molecule has 0 rings (SSSR count). The van der Waals surface area contributed by atoms with Crippen molar-refractivity contribution in [2.75, 3.05) is 13.2 Å². The zero-order valence-corrected chi connectivity index (χ0v) is 44.0. The van der Waals surface area contributed by atoms with E-state index >= 15 is 0 Å². The first kappa shape index (κ1) is 63.4. The minimum Gasteiger partial charge on any atom is -0.462 e. The van der Waals surface area contributed by atoms with Crippen LogP contribution < -0.4 is 0 Å². The van der Waals surface area contributed by atoms with Crippen LogP contribution in [0, 0.1) is 0 Å². The van der Waals surface area contributed by atoms with Crippen LogP contribution in [-0.4, -0.2) is 37.2 Å². The molecule has 0 N–H and O–H groups in total. The van der Waals surface area contributed by atoms with Crippen LogP contribution in [0.2, 0.25) is 0 Å². The van der Waals surface area contributed by atoms with Gasteiger partial charge in [-0.15, -0.1) is 0 Å². The van der Waals surface area contributed by atoms with E-state index in [1.54, 1.807) is 0 Å². The zero-order valence-electron chi connectivity index (χ0n) is 44.0. The second kappa shape index (κ2) is 55.0. The van der Waals surface area contributed by atoms with E-state index in [2.05, 4.69) is 63.3 Å². The molecule has 0 saturated heterocycles. The smallest absolute Gasteiger partial charge is 0.306 e. The Morgan fingerprint density at radius 1 is 0.318 bits per heavy atom. The molecule has 0 spiro atoms. The molecule has 0 bridgehead atoms. The largest absolute Gasteiger partial charge is 0.462 e. The Kier molecular flexibility index (Phi) is 52.8. The molecule has 0 aliphatic rings. The van der Waals surface area contributed by atoms with Crippen LogP contribution in [0.4, 0.5) is 0 Å². The van der Waals surface area contributed by atoms with Crippen LogP contribution in [-0.2, 0) is 28.6 Å². The maximum Gasteiger partial charge on any atom is 0.306 e. The second-order valence-electron chi connectivity index (χ2n) is 19.2. The lowest BCUT2D eigenvalue weighted by molar-refractivity contribution is -0.166. The van der Waals surface area contributed by atoms with E-state index in [1.165, 1.54) is 186 Å². The summed E-state index contributed by atoms with van der Waals surface area (Å²) >= 11 is 0. The van der Waals surface area contributed by atoms with Gasteiger partial charge in [-0.3, -0.25) is 14.4 Å². The normalized spacial score (nSPS) is 12.3. The molecule has 6 nitrogen and oxygen atoms in total. The first-order valence-corrected chi connectivity index (χ1v) is 28.6. The van der Waals surface area contributed by atoms with Crippen LogP contribution in [0.1, 0.15) is 297 Å². The van der Waals surface area contributed by atoms with Crippen molar-refractivity contribution in [2.45, 2.75) is 303 Å². The molecule has 384 valence electrons. The fraction of sp³-hybridized carbons (Fsp3) is 0.817. The van der Waals surface area contributed by atoms with Gasteiger partial charge in [0.2, 0.25) is 0 Å². The molecule has 1 unspecified atom stereocenters. The molecule has 0 amide bonds. The highest BCUT2D eigenvalue weighted by molar-refractivity contribution is 5.71. The molecule has 1 atom stereocenters. The highest BCUT2D eigenvalue weighted by Gasteiger charge is 2.19. The Bertz CT molecular complexity index is 1150. The lowest BCUT2D eigenvalue weighted by Crippen LogP contribution is -2.30. The third-order valence-electron chi connectivity index (χ3n) is 12.6. The minimum absolute atomic E-state index is 0.0979. The fourth-order valence-corrected chi connectivity index (χ4v) is 8.34. The summed E-state index contributed by atoms with van der Waals surface area (Å²) in [6.45, 7) is 6.47. The van der Waals surface area contributed by atoms with Gasteiger partial charge >= 0.3 is 17.9 Å². The second-order valence-corrected chi connectivity index (χ2v) is 19.2. The molecule has 0 fully saturated rings. The Morgan fingerprint density at radius 2 is 0.591 bits per heavy atom. The van der Waals surface area contributed by atoms with Gasteiger partial charge in [0, 0.05) is 19.3 Å². The quantitative estimate of drug-likeness (QED) is 0.0262. The molecule has 66 heavy (non-hydrogen) atoms. The third kappa shape index (κ3) is 52.3. The molecular formula is C60H108O6. The molecule has 0 radical (unpaired) electrons. The number of allylic oxidation sites excluding steroid dienone is 8. The van der Waals surface area contributed by atoms with Gasteiger partial charge in [-0.1, -0.05) is 281 Å². The summed E-state index contributed by atoms with van der Waals surface area (Å²) in [5.74, 6) is -0.971. The number of hydrogen-bond acceptors (Lipinski definition) is 6. The summed E-state index contributed by atoms with van der Waals surface area (Å²) in [6, 6.07) is 0. The van der Waals surface area contributed by atoms with Crippen LogP contribution in [0.5, 0.6) is 0 Å². The van der Waals surface area contributed by atoms with E-state index in [1.807, 2.05) is 6.08 Å². The first-order valence-electron chi connectivity index (χ1n) is 28.6. The summed E-state index contributed by atoms with van der Waals surface area (Å²) < 4.78 is 16.7. The highest BCUT2D eigenvalue weighted by Crippen LogP contribution is 2.17. The summed E-state index contributed by atoms with van der Waals surface area (Å²) in [5.41, 5.74) is 0. The number of carbonyl (C=O) groups excluding carboxylic acids is 3. The van der Waals surface area contributed by atoms with Crippen molar-refractivity contribution in [3.8, 4) is 0 Å². The van der Waals surface area contributed by atoms with E-state index in [9.17, 15) is 14.4 Å². The summed E-state index contributed by atoms with van der Waals surface area (Å²) in [4.78, 5) is 37.9. The van der Waals surface area contributed by atoms with E-state index < -0.39 is 6.10 Å². The predicted molar refractivity (Wildman–Crippen MR) is 284 cm³/mol. The predicted octanol–water partition coefficient (Wildman–Crippen LogP) is 19.0. The minimum atomic E-state index is -0.806. The summed E-state index contributed by atoms with van der Waals surface area (Å²) in [6.07, 6.45) is 67.2. The summed E-state index contributed by atoms with van der Waals surface area (Å²) in [7, 11) is 0. The van der Waals surface area contributed by atoms with Gasteiger partial charge in [0.15, 0.2) is 6.10 Å². The van der Waals surface area contributed by atoms with E-state index in [4.69, 9.17) is 14.2 Å². The van der Waals surface area contributed by atoms with Crippen molar-refractivity contribution in [1.29, 1.82) is 0 Å². The average Bonchev–Trinajstić information content (AvgIpc) is 3.31. The standard InChI is InChI=1S/C60H108O6/c1-4-7-10-13-16-19-21-23-24-25-26-27-28-29-30-31-32-33-34-35-37-38-41-44-47-50-53-59(62)65-56-57(55-64-58(61)52-49-46-43-40-18-15-12-9-6-3)66-60(63)54-51-48-45-42-39-36-22-20-17-14-11-8-5-2/h8,11,17,20,36,39,45,48,57H,4-7,9-10,12-16,18-19,21-35,37-38,40-44,46-47,49-56H2,1-3H3/b11-8-,20-17-,39-36-,48-45-. The van der Waals surface area contributed by atoms with Crippen LogP contribution in [0.15, 0.2) is 48.6 Å². The lowest BCUT2D eigenvalue weighted by Gasteiger charge is -2.18. The van der Waals surface area contributed by atoms with E-state index in [-0.39, 0.29) is 37.5 Å². The number of carbonyl (C=O) groups is 3. The Hall–Kier alpha value is -2.63. The monoisotopic (exact) mass is 925 g/mol. The van der Waals surface area contributed by atoms with Crippen molar-refractivity contribution >= 4 is 17.9 Å². The molecule has 0 aromatic heterocycles. The molecule has 0 aromatic rings. The van der Waals surface area contributed by atoms with Gasteiger partial charge < -0.3 is 14.2 Å². The number of rotatable bonds is 52. The Morgan fingerprint density at radius 3 is 0.894 bits per heavy atom. The topological polar surface area (TPSA) is 78.9 Å².